The molecule has 0 bridgehead atoms. The molecular weight excluding hydrogens is 350 g/mol. The van der Waals surface area contributed by atoms with Crippen molar-refractivity contribution in [3.63, 3.8) is 0 Å². The van der Waals surface area contributed by atoms with E-state index in [-0.39, 0.29) is 42.2 Å². The minimum atomic E-state index is -3.03. The van der Waals surface area contributed by atoms with Crippen molar-refractivity contribution in [1.29, 1.82) is 0 Å². The first-order valence-electron chi connectivity index (χ1n) is 10.8. The minimum absolute atomic E-state index is 0.0516. The summed E-state index contributed by atoms with van der Waals surface area (Å²) in [6.45, 7) is 5.49. The van der Waals surface area contributed by atoms with E-state index in [0.717, 1.165) is 32.1 Å². The van der Waals surface area contributed by atoms with Gasteiger partial charge < -0.3 is 9.90 Å². The van der Waals surface area contributed by atoms with Gasteiger partial charge in [-0.1, -0.05) is 39.5 Å². The molecule has 158 valence electrons. The van der Waals surface area contributed by atoms with Gasteiger partial charge in [-0.05, 0) is 50.9 Å². The van der Waals surface area contributed by atoms with Crippen molar-refractivity contribution < 1.29 is 23.5 Å². The quantitative estimate of drug-likeness (QED) is 0.387. The Kier molecular flexibility index (Phi) is 10.6. The number of Topliss-reactive ketones (excluding diaryl/α,β-unsaturated/α-hetero) is 2. The monoisotopic (exact) mass is 388 g/mol. The van der Waals surface area contributed by atoms with Crippen molar-refractivity contribution in [2.75, 3.05) is 0 Å². The van der Waals surface area contributed by atoms with Gasteiger partial charge in [0.15, 0.2) is 0 Å². The fraction of sp³-hybridized carbons (Fsp3) is 0.909. The summed E-state index contributed by atoms with van der Waals surface area (Å²) in [6.07, 6.45) is 5.54. The smallest absolute Gasteiger partial charge is 0.273 e. The number of aliphatic hydroxyl groups excluding tert-OH is 1. The van der Waals surface area contributed by atoms with Crippen molar-refractivity contribution in [3.05, 3.63) is 0 Å². The first-order valence-corrected chi connectivity index (χ1v) is 10.8. The first-order chi connectivity index (χ1) is 12.7. The number of aliphatic hydroxyl groups is 1. The molecule has 0 aromatic rings. The Labute approximate surface area is 163 Å². The molecule has 1 aliphatic rings. The molecule has 0 aromatic carbocycles. The maximum atomic E-state index is 14.0. The van der Waals surface area contributed by atoms with Crippen LogP contribution in [0.25, 0.3) is 0 Å². The molecule has 0 aromatic heterocycles. The molecule has 0 radical (unpaired) electrons. The van der Waals surface area contributed by atoms with Gasteiger partial charge in [-0.15, -0.1) is 0 Å². The zero-order chi connectivity index (χ0) is 20.4. The van der Waals surface area contributed by atoms with E-state index < -0.39 is 12.0 Å². The third-order valence-corrected chi connectivity index (χ3v) is 6.10. The van der Waals surface area contributed by atoms with Gasteiger partial charge in [0.25, 0.3) is 5.92 Å². The van der Waals surface area contributed by atoms with E-state index in [1.807, 2.05) is 13.8 Å². The highest BCUT2D eigenvalue weighted by molar-refractivity contribution is 5.83. The highest BCUT2D eigenvalue weighted by Gasteiger charge is 2.42. The van der Waals surface area contributed by atoms with Crippen LogP contribution < -0.4 is 0 Å². The van der Waals surface area contributed by atoms with Gasteiger partial charge in [-0.2, -0.15) is 0 Å². The van der Waals surface area contributed by atoms with Gasteiger partial charge in [0.05, 0.1) is 0 Å². The zero-order valence-corrected chi connectivity index (χ0v) is 17.3. The fourth-order valence-corrected chi connectivity index (χ4v) is 4.35. The molecule has 27 heavy (non-hydrogen) atoms. The molecule has 0 aliphatic heterocycles. The van der Waals surface area contributed by atoms with Crippen LogP contribution in [-0.2, 0) is 9.59 Å². The lowest BCUT2D eigenvalue weighted by Crippen LogP contribution is -2.34. The molecule has 1 fully saturated rings. The van der Waals surface area contributed by atoms with Gasteiger partial charge in [-0.3, -0.25) is 4.79 Å². The highest BCUT2D eigenvalue weighted by Crippen LogP contribution is 2.41. The average Bonchev–Trinajstić information content (AvgIpc) is 2.86. The molecule has 1 rings (SSSR count). The normalized spacial score (nSPS) is 24.4. The zero-order valence-electron chi connectivity index (χ0n) is 17.3. The highest BCUT2D eigenvalue weighted by atomic mass is 19.3. The number of halogens is 2. The summed E-state index contributed by atoms with van der Waals surface area (Å²) >= 11 is 0. The lowest BCUT2D eigenvalue weighted by Gasteiger charge is -2.26. The van der Waals surface area contributed by atoms with E-state index in [1.165, 1.54) is 0 Å². The van der Waals surface area contributed by atoms with E-state index >= 15 is 0 Å². The molecule has 5 heteroatoms. The van der Waals surface area contributed by atoms with Crippen molar-refractivity contribution in [2.24, 2.45) is 17.8 Å². The van der Waals surface area contributed by atoms with E-state index in [0.29, 0.717) is 32.1 Å². The molecule has 3 nitrogen and oxygen atoms in total. The van der Waals surface area contributed by atoms with Gasteiger partial charge in [-0.25, -0.2) is 8.78 Å². The Morgan fingerprint density at radius 2 is 1.85 bits per heavy atom. The third kappa shape index (κ3) is 8.37. The third-order valence-electron chi connectivity index (χ3n) is 6.10. The van der Waals surface area contributed by atoms with E-state index in [9.17, 15) is 23.5 Å². The average molecular weight is 389 g/mol. The maximum absolute atomic E-state index is 14.0. The van der Waals surface area contributed by atoms with Crippen LogP contribution in [0.3, 0.4) is 0 Å². The Morgan fingerprint density at radius 1 is 1.19 bits per heavy atom. The van der Waals surface area contributed by atoms with Crippen LogP contribution in [0.4, 0.5) is 8.78 Å². The van der Waals surface area contributed by atoms with E-state index in [4.69, 9.17) is 0 Å². The second-order valence-corrected chi connectivity index (χ2v) is 8.53. The van der Waals surface area contributed by atoms with Crippen LogP contribution in [0.5, 0.6) is 0 Å². The molecule has 0 amide bonds. The number of unbranched alkanes of at least 4 members (excludes halogenated alkanes) is 4. The first kappa shape index (κ1) is 24.2. The molecule has 1 N–H and O–H groups in total. The predicted molar refractivity (Wildman–Crippen MR) is 104 cm³/mol. The summed E-state index contributed by atoms with van der Waals surface area (Å²) in [4.78, 5) is 23.3. The Morgan fingerprint density at radius 3 is 2.48 bits per heavy atom. The summed E-state index contributed by atoms with van der Waals surface area (Å²) in [6, 6.07) is 0. The Bertz CT molecular complexity index is 464. The van der Waals surface area contributed by atoms with Gasteiger partial charge in [0, 0.05) is 25.2 Å². The number of hydrogen-bond donors (Lipinski definition) is 1. The van der Waals surface area contributed by atoms with E-state index in [1.54, 1.807) is 6.92 Å². The number of carbonyl (C=O) groups excluding carboxylic acids is 2. The van der Waals surface area contributed by atoms with Crippen LogP contribution in [0.1, 0.15) is 97.8 Å². The summed E-state index contributed by atoms with van der Waals surface area (Å²) < 4.78 is 28.0. The molecule has 1 aliphatic carbocycles. The molecule has 1 saturated carbocycles. The number of ketones is 2. The molecule has 1 unspecified atom stereocenters. The number of carbonyl (C=O) groups is 2. The molecular formula is C22H38F2O3. The van der Waals surface area contributed by atoms with Gasteiger partial charge in [0.1, 0.15) is 17.7 Å². The van der Waals surface area contributed by atoms with Crippen molar-refractivity contribution >= 4 is 11.6 Å². The summed E-state index contributed by atoms with van der Waals surface area (Å²) in [5, 5.41) is 9.96. The van der Waals surface area contributed by atoms with Gasteiger partial charge in [0.2, 0.25) is 0 Å². The van der Waals surface area contributed by atoms with Crippen molar-refractivity contribution in [1.82, 2.24) is 0 Å². The standard InChI is InChI=1S/C22H38F2O3/c1-4-5-14-22(23,24)21(27)13-12-18-16(2)15-20(26)19(18)11-9-7-6-8-10-17(3)25/h16,18-19,21,27H,4-15H2,1-3H3/t16-,18+,19-,21?/m1/s1. The molecule has 0 heterocycles. The van der Waals surface area contributed by atoms with Crippen molar-refractivity contribution in [2.45, 2.75) is 110 Å². The van der Waals surface area contributed by atoms with Crippen molar-refractivity contribution in [3.8, 4) is 0 Å². The maximum Gasteiger partial charge on any atom is 0.273 e. The lowest BCUT2D eigenvalue weighted by atomic mass is 9.82. The molecule has 0 saturated heterocycles. The van der Waals surface area contributed by atoms with Crippen LogP contribution in [0, 0.1) is 17.8 Å². The van der Waals surface area contributed by atoms with Crippen LogP contribution in [0.15, 0.2) is 0 Å². The van der Waals surface area contributed by atoms with Crippen LogP contribution in [0.2, 0.25) is 0 Å². The largest absolute Gasteiger partial charge is 0.387 e. The number of alkyl halides is 2. The predicted octanol–water partition coefficient (Wildman–Crippen LogP) is 5.72. The SMILES string of the molecule is CCCCC(F)(F)C(O)CC[C@H]1[C@H](C)CC(=O)[C@@H]1CCCCCCC(C)=O. The molecule has 4 atom stereocenters. The van der Waals surface area contributed by atoms with Crippen LogP contribution >= 0.6 is 0 Å². The number of rotatable bonds is 14. The topological polar surface area (TPSA) is 54.4 Å². The Balaban J connectivity index is 2.44. The van der Waals surface area contributed by atoms with Gasteiger partial charge >= 0.3 is 0 Å². The van der Waals surface area contributed by atoms with Crippen LogP contribution in [-0.4, -0.2) is 28.7 Å². The molecule has 0 spiro atoms. The van der Waals surface area contributed by atoms with E-state index in [2.05, 4.69) is 0 Å². The Hall–Kier alpha value is -0.840. The second-order valence-electron chi connectivity index (χ2n) is 8.53. The fourth-order valence-electron chi connectivity index (χ4n) is 4.35. The number of hydrogen-bond acceptors (Lipinski definition) is 3. The minimum Gasteiger partial charge on any atom is -0.387 e. The lowest BCUT2D eigenvalue weighted by molar-refractivity contribution is -0.123. The summed E-state index contributed by atoms with van der Waals surface area (Å²) in [5.74, 6) is -2.31. The summed E-state index contributed by atoms with van der Waals surface area (Å²) in [7, 11) is 0. The summed E-state index contributed by atoms with van der Waals surface area (Å²) in [5.41, 5.74) is 0. The second kappa shape index (κ2) is 11.9.